The van der Waals surface area contributed by atoms with E-state index >= 15 is 0 Å². The molecule has 39 heavy (non-hydrogen) atoms. The minimum absolute atomic E-state index is 0.167. The van der Waals surface area contributed by atoms with Gasteiger partial charge in [-0.25, -0.2) is 0 Å². The molecule has 0 unspecified atom stereocenters. The molecule has 0 bridgehead atoms. The van der Waals surface area contributed by atoms with Gasteiger partial charge in [-0.3, -0.25) is 4.79 Å². The lowest BCUT2D eigenvalue weighted by atomic mass is 10.1. The summed E-state index contributed by atoms with van der Waals surface area (Å²) in [5, 5.41) is 13.3. The smallest absolute Gasteiger partial charge is 0.248 e. The van der Waals surface area contributed by atoms with Crippen LogP contribution in [-0.4, -0.2) is 53.7 Å². The first kappa shape index (κ1) is 28.6. The van der Waals surface area contributed by atoms with Crippen LogP contribution in [0.2, 0.25) is 0 Å². The van der Waals surface area contributed by atoms with E-state index in [2.05, 4.69) is 5.32 Å². The van der Waals surface area contributed by atoms with Crippen LogP contribution in [0.1, 0.15) is 16.7 Å². The number of nitrogen functional groups attached to an aromatic ring is 1. The predicted octanol–water partition coefficient (Wildman–Crippen LogP) is 4.85. The van der Waals surface area contributed by atoms with Crippen molar-refractivity contribution in [3.05, 3.63) is 59.2 Å². The van der Waals surface area contributed by atoms with E-state index in [0.29, 0.717) is 45.6 Å². The van der Waals surface area contributed by atoms with E-state index in [1.54, 1.807) is 62.8 Å². The number of phenolic OH excluding ortho intramolecular Hbond substituents is 1. The third kappa shape index (κ3) is 6.67. The number of phenols is 1. The van der Waals surface area contributed by atoms with Crippen LogP contribution in [0.15, 0.2) is 42.5 Å². The molecule has 0 saturated heterocycles. The minimum atomic E-state index is -0.480. The fourth-order valence-corrected chi connectivity index (χ4v) is 3.82. The Kier molecular flexibility index (Phi) is 9.53. The SMILES string of the molecule is COc1cc(C=Cc2cc(OC)c(OC)c(OC)c2)cc(NC(=O)/C=C/c2cc(N)c(OC)c(OC)c2)c1O. The number of hydrogen-bond acceptors (Lipinski definition) is 9. The molecule has 206 valence electrons. The molecule has 3 aromatic rings. The van der Waals surface area contributed by atoms with Gasteiger partial charge in [-0.2, -0.15) is 0 Å². The number of rotatable bonds is 11. The molecule has 4 N–H and O–H groups in total. The van der Waals surface area contributed by atoms with Crippen molar-refractivity contribution in [2.45, 2.75) is 0 Å². The van der Waals surface area contributed by atoms with E-state index in [1.165, 1.54) is 34.5 Å². The number of nitrogens with two attached hydrogens (primary N) is 1. The quantitative estimate of drug-likeness (QED) is 0.136. The van der Waals surface area contributed by atoms with Gasteiger partial charge in [0.15, 0.2) is 34.5 Å². The lowest BCUT2D eigenvalue weighted by Crippen LogP contribution is -2.08. The Morgan fingerprint density at radius 1 is 0.667 bits per heavy atom. The van der Waals surface area contributed by atoms with Crippen LogP contribution in [0.25, 0.3) is 18.2 Å². The van der Waals surface area contributed by atoms with E-state index < -0.39 is 5.91 Å². The van der Waals surface area contributed by atoms with Crippen LogP contribution in [0.4, 0.5) is 11.4 Å². The van der Waals surface area contributed by atoms with Gasteiger partial charge in [0.2, 0.25) is 11.7 Å². The molecule has 0 aliphatic heterocycles. The van der Waals surface area contributed by atoms with Gasteiger partial charge in [0.1, 0.15) is 0 Å². The van der Waals surface area contributed by atoms with E-state index in [-0.39, 0.29) is 17.2 Å². The molecule has 0 aliphatic rings. The standard InChI is InChI=1S/C29H32N2O8/c1-34-22-13-18(7-8-19-15-24(36-3)29(39-6)25(16-19)37-4)12-21(27(22)33)31-26(32)10-9-17-11-20(30)28(38-5)23(14-17)35-2/h7-16,33H,30H2,1-6H3,(H,31,32)/b8-7?,10-9+. The second kappa shape index (κ2) is 13.0. The van der Waals surface area contributed by atoms with Crippen LogP contribution < -0.4 is 39.5 Å². The van der Waals surface area contributed by atoms with Crippen LogP contribution in [0.5, 0.6) is 40.2 Å². The van der Waals surface area contributed by atoms with Crippen molar-refractivity contribution >= 4 is 35.5 Å². The molecular formula is C29H32N2O8. The maximum atomic E-state index is 12.7. The topological polar surface area (TPSA) is 131 Å². The van der Waals surface area contributed by atoms with Crippen molar-refractivity contribution in [2.75, 3.05) is 53.7 Å². The Labute approximate surface area is 227 Å². The lowest BCUT2D eigenvalue weighted by molar-refractivity contribution is -0.111. The Balaban J connectivity index is 1.87. The summed E-state index contributed by atoms with van der Waals surface area (Å²) in [5.74, 6) is 1.85. The molecule has 0 saturated carbocycles. The summed E-state index contributed by atoms with van der Waals surface area (Å²) in [7, 11) is 9.03. The first-order chi connectivity index (χ1) is 18.8. The molecular weight excluding hydrogens is 504 g/mol. The highest BCUT2D eigenvalue weighted by molar-refractivity contribution is 6.03. The number of nitrogens with one attached hydrogen (secondary N) is 1. The van der Waals surface area contributed by atoms with Crippen LogP contribution in [-0.2, 0) is 4.79 Å². The average Bonchev–Trinajstić information content (AvgIpc) is 2.95. The lowest BCUT2D eigenvalue weighted by Gasteiger charge is -2.13. The van der Waals surface area contributed by atoms with Gasteiger partial charge in [0.05, 0.1) is 54.0 Å². The molecule has 0 heterocycles. The van der Waals surface area contributed by atoms with Crippen molar-refractivity contribution in [1.82, 2.24) is 0 Å². The highest BCUT2D eigenvalue weighted by Crippen LogP contribution is 2.40. The first-order valence-corrected chi connectivity index (χ1v) is 11.7. The molecule has 0 aliphatic carbocycles. The monoisotopic (exact) mass is 536 g/mol. The van der Waals surface area contributed by atoms with Gasteiger partial charge in [-0.1, -0.05) is 12.2 Å². The zero-order valence-corrected chi connectivity index (χ0v) is 22.7. The first-order valence-electron chi connectivity index (χ1n) is 11.7. The number of anilines is 2. The highest BCUT2D eigenvalue weighted by atomic mass is 16.5. The second-order valence-electron chi connectivity index (χ2n) is 8.08. The largest absolute Gasteiger partial charge is 0.503 e. The van der Waals surface area contributed by atoms with E-state index in [0.717, 1.165) is 5.56 Å². The molecule has 10 heteroatoms. The fourth-order valence-electron chi connectivity index (χ4n) is 3.82. The van der Waals surface area contributed by atoms with Gasteiger partial charge >= 0.3 is 0 Å². The number of carbonyl (C=O) groups excluding carboxylic acids is 1. The summed E-state index contributed by atoms with van der Waals surface area (Å²) in [4.78, 5) is 12.7. The van der Waals surface area contributed by atoms with Crippen molar-refractivity contribution in [1.29, 1.82) is 0 Å². The summed E-state index contributed by atoms with van der Waals surface area (Å²) < 4.78 is 32.0. The number of carbonyl (C=O) groups is 1. The highest BCUT2D eigenvalue weighted by Gasteiger charge is 2.14. The summed E-state index contributed by atoms with van der Waals surface area (Å²) in [6, 6.07) is 10.2. The molecule has 3 rings (SSSR count). The second-order valence-corrected chi connectivity index (χ2v) is 8.08. The fraction of sp³-hybridized carbons (Fsp3) is 0.207. The number of hydrogen-bond donors (Lipinski definition) is 3. The van der Waals surface area contributed by atoms with E-state index in [4.69, 9.17) is 34.2 Å². The molecule has 0 radical (unpaired) electrons. The molecule has 0 aromatic heterocycles. The van der Waals surface area contributed by atoms with Crippen LogP contribution in [0, 0.1) is 0 Å². The Bertz CT molecular complexity index is 1370. The predicted molar refractivity (Wildman–Crippen MR) is 151 cm³/mol. The summed E-state index contributed by atoms with van der Waals surface area (Å²) >= 11 is 0. The third-order valence-corrected chi connectivity index (χ3v) is 5.69. The zero-order chi connectivity index (χ0) is 28.5. The summed E-state index contributed by atoms with van der Waals surface area (Å²) in [6.07, 6.45) is 6.49. The number of aromatic hydroxyl groups is 1. The summed E-state index contributed by atoms with van der Waals surface area (Å²) in [6.45, 7) is 0. The molecule has 3 aromatic carbocycles. The Hall–Kier alpha value is -4.99. The van der Waals surface area contributed by atoms with Gasteiger partial charge in [0, 0.05) is 6.08 Å². The van der Waals surface area contributed by atoms with Crippen molar-refractivity contribution in [3.8, 4) is 40.2 Å². The average molecular weight is 537 g/mol. The molecule has 0 atom stereocenters. The maximum absolute atomic E-state index is 12.7. The molecule has 1 amide bonds. The van der Waals surface area contributed by atoms with Crippen molar-refractivity contribution in [3.63, 3.8) is 0 Å². The maximum Gasteiger partial charge on any atom is 0.248 e. The Morgan fingerprint density at radius 3 is 1.64 bits per heavy atom. The van der Waals surface area contributed by atoms with E-state index in [9.17, 15) is 9.90 Å². The van der Waals surface area contributed by atoms with Gasteiger partial charge < -0.3 is 44.6 Å². The third-order valence-electron chi connectivity index (χ3n) is 5.69. The molecule has 0 fully saturated rings. The minimum Gasteiger partial charge on any atom is -0.503 e. The van der Waals surface area contributed by atoms with Gasteiger partial charge in [-0.15, -0.1) is 0 Å². The molecule has 0 spiro atoms. The normalized spacial score (nSPS) is 10.9. The van der Waals surface area contributed by atoms with Crippen LogP contribution >= 0.6 is 0 Å². The number of benzene rings is 3. The Morgan fingerprint density at radius 2 is 1.13 bits per heavy atom. The zero-order valence-electron chi connectivity index (χ0n) is 22.7. The van der Waals surface area contributed by atoms with Crippen molar-refractivity contribution < 1.29 is 38.3 Å². The van der Waals surface area contributed by atoms with Gasteiger partial charge in [0.25, 0.3) is 0 Å². The number of ether oxygens (including phenoxy) is 6. The van der Waals surface area contributed by atoms with Crippen LogP contribution in [0.3, 0.4) is 0 Å². The van der Waals surface area contributed by atoms with Gasteiger partial charge in [-0.05, 0) is 59.2 Å². The number of amides is 1. The van der Waals surface area contributed by atoms with Crippen molar-refractivity contribution in [2.24, 2.45) is 0 Å². The molecule has 10 nitrogen and oxygen atoms in total. The van der Waals surface area contributed by atoms with E-state index in [1.807, 2.05) is 6.08 Å². The summed E-state index contributed by atoms with van der Waals surface area (Å²) in [5.41, 5.74) is 8.61. The number of methoxy groups -OCH3 is 6.